The van der Waals surface area contributed by atoms with Crippen LogP contribution in [0.2, 0.25) is 0 Å². The zero-order valence-electron chi connectivity index (χ0n) is 25.0. The van der Waals surface area contributed by atoms with E-state index in [9.17, 15) is 20.1 Å². The number of carbonyl (C=O) groups excluding carboxylic acids is 1. The van der Waals surface area contributed by atoms with Crippen molar-refractivity contribution in [2.75, 3.05) is 27.6 Å². The number of cyclic esters (lactones) is 1. The minimum absolute atomic E-state index is 0.0834. The Hall–Kier alpha value is -4.59. The molecule has 5 atom stereocenters. The van der Waals surface area contributed by atoms with Crippen LogP contribution < -0.4 is 23.7 Å². The van der Waals surface area contributed by atoms with Gasteiger partial charge in [-0.05, 0) is 40.8 Å². The third-order valence-corrected chi connectivity index (χ3v) is 8.37. The second kappa shape index (κ2) is 12.3. The summed E-state index contributed by atoms with van der Waals surface area (Å²) >= 11 is 0. The first kappa shape index (κ1) is 30.1. The zero-order valence-corrected chi connectivity index (χ0v) is 25.0. The second-order valence-electron chi connectivity index (χ2n) is 11.1. The molecule has 0 aliphatic carbocycles. The minimum atomic E-state index is -1.64. The summed E-state index contributed by atoms with van der Waals surface area (Å²) in [6, 6.07) is 18.2. The fourth-order valence-corrected chi connectivity index (χ4v) is 6.03. The normalized spacial score (nSPS) is 23.2. The number of hydrogen-bond acceptors (Lipinski definition) is 12. The molecular formula is C34H32O12. The highest BCUT2D eigenvalue weighted by Gasteiger charge is 2.46. The topological polar surface area (TPSA) is 152 Å². The molecule has 240 valence electrons. The van der Waals surface area contributed by atoms with Crippen LogP contribution in [0.15, 0.2) is 60.7 Å². The number of ether oxygens (including phenoxy) is 8. The molecule has 1 saturated heterocycles. The van der Waals surface area contributed by atoms with Gasteiger partial charge in [0.15, 0.2) is 23.0 Å². The van der Waals surface area contributed by atoms with Gasteiger partial charge in [-0.15, -0.1) is 0 Å². The molecule has 1 fully saturated rings. The van der Waals surface area contributed by atoms with Crippen molar-refractivity contribution in [1.29, 1.82) is 0 Å². The lowest BCUT2D eigenvalue weighted by atomic mass is 9.89. The van der Waals surface area contributed by atoms with E-state index in [-0.39, 0.29) is 37.9 Å². The molecule has 7 rings (SSSR count). The van der Waals surface area contributed by atoms with E-state index in [0.29, 0.717) is 50.5 Å². The molecule has 3 aliphatic heterocycles. The van der Waals surface area contributed by atoms with Gasteiger partial charge in [0.1, 0.15) is 36.8 Å². The Morgan fingerprint density at radius 1 is 0.804 bits per heavy atom. The van der Waals surface area contributed by atoms with Gasteiger partial charge in [0.25, 0.3) is 0 Å². The smallest absolute Gasteiger partial charge is 0.339 e. The standard InChI is InChI=1S/C34H32O12/c1-39-23-11-19-20(12-24(23)40-2)32(21-14-42-33(38)28(21)27(19)18-8-9-22-25(10-18)44-16-43-22)46-34-31(37)30(36)29(35)26(45-34)15-41-13-17-6-4-3-5-7-17/h3-12,26,29-31,34-37H,13-16H2,1-2H3/t26-,29+,30+,31-,34+/m1/s1. The predicted molar refractivity (Wildman–Crippen MR) is 161 cm³/mol. The monoisotopic (exact) mass is 632 g/mol. The van der Waals surface area contributed by atoms with Crippen LogP contribution >= 0.6 is 0 Å². The molecule has 4 aromatic carbocycles. The van der Waals surface area contributed by atoms with E-state index < -0.39 is 36.7 Å². The Morgan fingerprint density at radius 3 is 2.30 bits per heavy atom. The lowest BCUT2D eigenvalue weighted by Gasteiger charge is -2.40. The van der Waals surface area contributed by atoms with Gasteiger partial charge >= 0.3 is 5.97 Å². The zero-order chi connectivity index (χ0) is 31.9. The molecule has 0 aromatic heterocycles. The summed E-state index contributed by atoms with van der Waals surface area (Å²) in [5.41, 5.74) is 2.78. The number of aliphatic hydroxyl groups is 3. The van der Waals surface area contributed by atoms with Crippen molar-refractivity contribution in [1.82, 2.24) is 0 Å². The van der Waals surface area contributed by atoms with Crippen LogP contribution in [-0.4, -0.2) is 79.6 Å². The fourth-order valence-electron chi connectivity index (χ4n) is 6.03. The van der Waals surface area contributed by atoms with Crippen molar-refractivity contribution in [3.8, 4) is 39.9 Å². The summed E-state index contributed by atoms with van der Waals surface area (Å²) in [4.78, 5) is 13.3. The molecule has 3 heterocycles. The summed E-state index contributed by atoms with van der Waals surface area (Å²) in [7, 11) is 3.00. The number of aliphatic hydroxyl groups excluding tert-OH is 3. The van der Waals surface area contributed by atoms with Crippen molar-refractivity contribution in [2.45, 2.75) is 43.9 Å². The van der Waals surface area contributed by atoms with Gasteiger partial charge in [-0.25, -0.2) is 4.79 Å². The molecule has 0 spiro atoms. The summed E-state index contributed by atoms with van der Waals surface area (Å²) < 4.78 is 46.0. The quantitative estimate of drug-likeness (QED) is 0.232. The summed E-state index contributed by atoms with van der Waals surface area (Å²) in [5.74, 6) is 1.50. The first-order valence-corrected chi connectivity index (χ1v) is 14.7. The van der Waals surface area contributed by atoms with Crippen molar-refractivity contribution < 1.29 is 58.0 Å². The molecule has 3 N–H and O–H groups in total. The average Bonchev–Trinajstić information content (AvgIpc) is 3.71. The van der Waals surface area contributed by atoms with Crippen LogP contribution in [-0.2, 0) is 27.4 Å². The Morgan fingerprint density at radius 2 is 1.54 bits per heavy atom. The molecule has 12 nitrogen and oxygen atoms in total. The van der Waals surface area contributed by atoms with Gasteiger partial charge in [0.2, 0.25) is 13.1 Å². The Bertz CT molecular complexity index is 1770. The Labute approximate surface area is 263 Å². The van der Waals surface area contributed by atoms with E-state index in [0.717, 1.165) is 5.56 Å². The van der Waals surface area contributed by atoms with E-state index in [4.69, 9.17) is 37.9 Å². The van der Waals surface area contributed by atoms with Gasteiger partial charge in [-0.1, -0.05) is 36.4 Å². The van der Waals surface area contributed by atoms with Gasteiger partial charge < -0.3 is 53.2 Å². The molecule has 0 bridgehead atoms. The van der Waals surface area contributed by atoms with Crippen LogP contribution in [0.3, 0.4) is 0 Å². The lowest BCUT2D eigenvalue weighted by molar-refractivity contribution is -0.280. The van der Waals surface area contributed by atoms with Crippen molar-refractivity contribution in [3.63, 3.8) is 0 Å². The van der Waals surface area contributed by atoms with Crippen molar-refractivity contribution in [3.05, 3.63) is 77.4 Å². The molecule has 46 heavy (non-hydrogen) atoms. The summed E-state index contributed by atoms with van der Waals surface area (Å²) in [5, 5.41) is 33.6. The number of carbonyl (C=O) groups is 1. The van der Waals surface area contributed by atoms with E-state index >= 15 is 0 Å². The van der Waals surface area contributed by atoms with Gasteiger partial charge in [0.05, 0.1) is 33.0 Å². The van der Waals surface area contributed by atoms with E-state index in [2.05, 4.69) is 0 Å². The second-order valence-corrected chi connectivity index (χ2v) is 11.1. The highest BCUT2D eigenvalue weighted by Crippen LogP contribution is 2.49. The molecule has 0 radical (unpaired) electrons. The maximum atomic E-state index is 13.3. The number of methoxy groups -OCH3 is 2. The highest BCUT2D eigenvalue weighted by atomic mass is 16.7. The van der Waals surface area contributed by atoms with E-state index in [1.165, 1.54) is 14.2 Å². The third kappa shape index (κ3) is 5.23. The Kier molecular flexibility index (Phi) is 8.05. The van der Waals surface area contributed by atoms with Crippen LogP contribution in [0, 0.1) is 0 Å². The molecule has 0 amide bonds. The highest BCUT2D eigenvalue weighted by molar-refractivity contribution is 6.14. The number of benzene rings is 4. The first-order valence-electron chi connectivity index (χ1n) is 14.7. The fraction of sp³-hybridized carbons (Fsp3) is 0.324. The van der Waals surface area contributed by atoms with E-state index in [1.54, 1.807) is 24.3 Å². The maximum absolute atomic E-state index is 13.3. The average molecular weight is 633 g/mol. The van der Waals surface area contributed by atoms with Gasteiger partial charge in [-0.3, -0.25) is 0 Å². The van der Waals surface area contributed by atoms with Gasteiger partial charge in [0, 0.05) is 16.5 Å². The van der Waals surface area contributed by atoms with Crippen LogP contribution in [0.1, 0.15) is 21.5 Å². The van der Waals surface area contributed by atoms with E-state index in [1.807, 2.05) is 36.4 Å². The number of rotatable bonds is 9. The summed E-state index contributed by atoms with van der Waals surface area (Å²) in [6.45, 7) is 0.120. The molecule has 12 heteroatoms. The number of hydrogen-bond donors (Lipinski definition) is 3. The summed E-state index contributed by atoms with van der Waals surface area (Å²) in [6.07, 6.45) is -7.18. The van der Waals surface area contributed by atoms with Crippen LogP contribution in [0.4, 0.5) is 0 Å². The van der Waals surface area contributed by atoms with Crippen LogP contribution in [0.5, 0.6) is 28.7 Å². The lowest BCUT2D eigenvalue weighted by Crippen LogP contribution is -2.60. The largest absolute Gasteiger partial charge is 0.493 e. The van der Waals surface area contributed by atoms with Crippen molar-refractivity contribution >= 4 is 16.7 Å². The van der Waals surface area contributed by atoms with Gasteiger partial charge in [-0.2, -0.15) is 0 Å². The molecule has 0 unspecified atom stereocenters. The van der Waals surface area contributed by atoms with Crippen molar-refractivity contribution in [2.24, 2.45) is 0 Å². The predicted octanol–water partition coefficient (Wildman–Crippen LogP) is 3.33. The maximum Gasteiger partial charge on any atom is 0.339 e. The Balaban J connectivity index is 1.30. The third-order valence-electron chi connectivity index (χ3n) is 8.37. The molecular weight excluding hydrogens is 600 g/mol. The SMILES string of the molecule is COc1cc2c(O[C@@H]3O[C@H](COCc4ccccc4)[C@H](O)[C@H](O)[C@H]3O)c3c(c(-c4ccc5c(c4)OCO5)c2cc1OC)C(=O)OC3. The molecule has 0 saturated carbocycles. The number of fused-ring (bicyclic) bond motifs is 3. The first-order chi connectivity index (χ1) is 22.4. The number of esters is 1. The molecule has 4 aromatic rings. The molecule has 3 aliphatic rings. The van der Waals surface area contributed by atoms with Crippen LogP contribution in [0.25, 0.3) is 21.9 Å². The minimum Gasteiger partial charge on any atom is -0.493 e.